The standard InChI is InChI=1S/C27H26ClN3O4/c1-17(2)15-30-27(32)14-23(25-16-29-26-11-8-20(31(33)34)13-24(25)26)18-4-3-5-22(12-18)35-21-9-6-19(28)7-10-21/h3-13,16-17,23,29H,14-15H2,1-2H3,(H,30,32). The number of rotatable bonds is 9. The zero-order valence-corrected chi connectivity index (χ0v) is 20.2. The number of halogens is 1. The highest BCUT2D eigenvalue weighted by Gasteiger charge is 2.23. The summed E-state index contributed by atoms with van der Waals surface area (Å²) in [6, 6.07) is 19.3. The van der Waals surface area contributed by atoms with Gasteiger partial charge in [0.1, 0.15) is 11.5 Å². The number of non-ortho nitro benzene ring substituents is 1. The SMILES string of the molecule is CC(C)CNC(=O)CC(c1cccc(Oc2ccc(Cl)cc2)c1)c1c[nH]c2ccc([N+](=O)[O-])cc12. The molecule has 1 heterocycles. The molecule has 0 bridgehead atoms. The Balaban J connectivity index is 1.72. The Hall–Kier alpha value is -3.84. The number of nitrogens with zero attached hydrogens (tertiary/aromatic N) is 1. The number of amides is 1. The highest BCUT2D eigenvalue weighted by Crippen LogP contribution is 2.36. The van der Waals surface area contributed by atoms with E-state index < -0.39 is 4.92 Å². The predicted molar refractivity (Wildman–Crippen MR) is 137 cm³/mol. The first kappa shape index (κ1) is 24.3. The lowest BCUT2D eigenvalue weighted by molar-refractivity contribution is -0.384. The number of benzene rings is 3. The smallest absolute Gasteiger partial charge is 0.270 e. The predicted octanol–water partition coefficient (Wildman–Crippen LogP) is 6.82. The van der Waals surface area contributed by atoms with E-state index >= 15 is 0 Å². The van der Waals surface area contributed by atoms with Crippen LogP contribution in [0.25, 0.3) is 10.9 Å². The Morgan fingerprint density at radius 1 is 1.09 bits per heavy atom. The van der Waals surface area contributed by atoms with Gasteiger partial charge in [0.05, 0.1) is 4.92 Å². The minimum Gasteiger partial charge on any atom is -0.457 e. The minimum atomic E-state index is -0.416. The molecule has 7 nitrogen and oxygen atoms in total. The van der Waals surface area contributed by atoms with Gasteiger partial charge in [0.25, 0.3) is 5.69 Å². The number of nitro groups is 1. The number of carbonyl (C=O) groups is 1. The molecule has 0 aliphatic carbocycles. The summed E-state index contributed by atoms with van der Waals surface area (Å²) in [5.41, 5.74) is 2.45. The topological polar surface area (TPSA) is 97.3 Å². The first-order chi connectivity index (χ1) is 16.8. The third kappa shape index (κ3) is 6.00. The fourth-order valence-electron chi connectivity index (χ4n) is 3.95. The van der Waals surface area contributed by atoms with Crippen molar-refractivity contribution in [3.05, 3.63) is 99.2 Å². The average Bonchev–Trinajstić information content (AvgIpc) is 3.26. The van der Waals surface area contributed by atoms with Crippen LogP contribution < -0.4 is 10.1 Å². The van der Waals surface area contributed by atoms with Gasteiger partial charge in [-0.2, -0.15) is 0 Å². The molecule has 0 fully saturated rings. The van der Waals surface area contributed by atoms with Crippen LogP contribution in [0, 0.1) is 16.0 Å². The molecule has 0 aliphatic rings. The van der Waals surface area contributed by atoms with Gasteiger partial charge < -0.3 is 15.0 Å². The van der Waals surface area contributed by atoms with E-state index in [4.69, 9.17) is 16.3 Å². The molecule has 0 radical (unpaired) electrons. The van der Waals surface area contributed by atoms with Crippen molar-refractivity contribution in [1.82, 2.24) is 10.3 Å². The first-order valence-corrected chi connectivity index (χ1v) is 11.7. The fraction of sp³-hybridized carbons (Fsp3) is 0.222. The highest BCUT2D eigenvalue weighted by molar-refractivity contribution is 6.30. The zero-order chi connectivity index (χ0) is 24.9. The second-order valence-electron chi connectivity index (χ2n) is 8.81. The minimum absolute atomic E-state index is 0.00109. The molecular weight excluding hydrogens is 466 g/mol. The largest absolute Gasteiger partial charge is 0.457 e. The monoisotopic (exact) mass is 491 g/mol. The molecule has 0 spiro atoms. The first-order valence-electron chi connectivity index (χ1n) is 11.4. The van der Waals surface area contributed by atoms with E-state index in [2.05, 4.69) is 10.3 Å². The van der Waals surface area contributed by atoms with Crippen LogP contribution in [0.2, 0.25) is 5.02 Å². The van der Waals surface area contributed by atoms with Crippen molar-refractivity contribution < 1.29 is 14.5 Å². The molecule has 4 aromatic rings. The molecule has 1 amide bonds. The number of aromatic amines is 1. The molecular formula is C27H26ClN3O4. The van der Waals surface area contributed by atoms with Gasteiger partial charge in [0, 0.05) is 53.1 Å². The summed E-state index contributed by atoms with van der Waals surface area (Å²) in [6.45, 7) is 4.65. The molecule has 3 aromatic carbocycles. The van der Waals surface area contributed by atoms with Gasteiger partial charge in [-0.3, -0.25) is 14.9 Å². The Morgan fingerprint density at radius 3 is 2.57 bits per heavy atom. The van der Waals surface area contributed by atoms with Crippen molar-refractivity contribution in [2.45, 2.75) is 26.2 Å². The van der Waals surface area contributed by atoms with Gasteiger partial charge in [0.15, 0.2) is 0 Å². The van der Waals surface area contributed by atoms with Crippen LogP contribution in [0.15, 0.2) is 72.9 Å². The average molecular weight is 492 g/mol. The molecule has 0 saturated heterocycles. The van der Waals surface area contributed by atoms with Crippen LogP contribution in [0.3, 0.4) is 0 Å². The lowest BCUT2D eigenvalue weighted by Gasteiger charge is -2.19. The lowest BCUT2D eigenvalue weighted by Crippen LogP contribution is -2.28. The molecule has 8 heteroatoms. The molecule has 4 rings (SSSR count). The summed E-state index contributed by atoms with van der Waals surface area (Å²) < 4.78 is 6.01. The van der Waals surface area contributed by atoms with Crippen molar-refractivity contribution in [2.75, 3.05) is 6.54 Å². The molecule has 1 unspecified atom stereocenters. The van der Waals surface area contributed by atoms with Crippen molar-refractivity contribution in [1.29, 1.82) is 0 Å². The quantitative estimate of drug-likeness (QED) is 0.198. The molecule has 1 aromatic heterocycles. The van der Waals surface area contributed by atoms with Crippen molar-refractivity contribution in [2.24, 2.45) is 5.92 Å². The molecule has 180 valence electrons. The number of hydrogen-bond donors (Lipinski definition) is 2. The van der Waals surface area contributed by atoms with Gasteiger partial charge in [0.2, 0.25) is 5.91 Å². The number of fused-ring (bicyclic) bond motifs is 1. The maximum Gasteiger partial charge on any atom is 0.270 e. The second-order valence-corrected chi connectivity index (χ2v) is 9.25. The van der Waals surface area contributed by atoms with E-state index in [1.54, 1.807) is 36.4 Å². The van der Waals surface area contributed by atoms with E-state index in [1.807, 2.05) is 44.3 Å². The summed E-state index contributed by atoms with van der Waals surface area (Å²) in [5.74, 6) is 1.15. The Morgan fingerprint density at radius 2 is 1.86 bits per heavy atom. The maximum absolute atomic E-state index is 12.9. The van der Waals surface area contributed by atoms with Crippen LogP contribution in [0.1, 0.15) is 37.3 Å². The molecule has 35 heavy (non-hydrogen) atoms. The number of aromatic nitrogens is 1. The van der Waals surface area contributed by atoms with Crippen LogP contribution >= 0.6 is 11.6 Å². The van der Waals surface area contributed by atoms with Gasteiger partial charge in [-0.25, -0.2) is 0 Å². The molecule has 2 N–H and O–H groups in total. The van der Waals surface area contributed by atoms with Crippen molar-refractivity contribution in [3.8, 4) is 11.5 Å². The lowest BCUT2D eigenvalue weighted by atomic mass is 9.87. The summed E-state index contributed by atoms with van der Waals surface area (Å²) in [4.78, 5) is 27.0. The normalized spacial score (nSPS) is 12.0. The Kier molecular flexibility index (Phi) is 7.36. The summed E-state index contributed by atoms with van der Waals surface area (Å²) in [6.07, 6.45) is 2.01. The maximum atomic E-state index is 12.9. The van der Waals surface area contributed by atoms with Crippen LogP contribution in [0.5, 0.6) is 11.5 Å². The molecule has 0 saturated carbocycles. The Bertz CT molecular complexity index is 1350. The van der Waals surface area contributed by atoms with E-state index in [1.165, 1.54) is 6.07 Å². The fourth-order valence-corrected chi connectivity index (χ4v) is 4.07. The second kappa shape index (κ2) is 10.6. The van der Waals surface area contributed by atoms with E-state index in [9.17, 15) is 14.9 Å². The summed E-state index contributed by atoms with van der Waals surface area (Å²) in [7, 11) is 0. The van der Waals surface area contributed by atoms with E-state index in [-0.39, 0.29) is 23.9 Å². The number of nitro benzene ring substituents is 1. The van der Waals surface area contributed by atoms with Gasteiger partial charge >= 0.3 is 0 Å². The summed E-state index contributed by atoms with van der Waals surface area (Å²) >= 11 is 5.97. The van der Waals surface area contributed by atoms with Crippen LogP contribution in [0.4, 0.5) is 5.69 Å². The number of hydrogen-bond acceptors (Lipinski definition) is 4. The number of carbonyl (C=O) groups excluding carboxylic acids is 1. The van der Waals surface area contributed by atoms with Crippen LogP contribution in [-0.4, -0.2) is 22.4 Å². The van der Waals surface area contributed by atoms with Gasteiger partial charge in [-0.15, -0.1) is 0 Å². The number of nitrogens with one attached hydrogen (secondary N) is 2. The van der Waals surface area contributed by atoms with E-state index in [0.29, 0.717) is 34.4 Å². The van der Waals surface area contributed by atoms with E-state index in [0.717, 1.165) is 16.6 Å². The van der Waals surface area contributed by atoms with Gasteiger partial charge in [-0.1, -0.05) is 37.6 Å². The third-order valence-electron chi connectivity index (χ3n) is 5.69. The highest BCUT2D eigenvalue weighted by atomic mass is 35.5. The zero-order valence-electron chi connectivity index (χ0n) is 19.5. The molecule has 0 aliphatic heterocycles. The van der Waals surface area contributed by atoms with Crippen molar-refractivity contribution in [3.63, 3.8) is 0 Å². The number of ether oxygens (including phenoxy) is 1. The Labute approximate surface area is 208 Å². The molecule has 1 atom stereocenters. The van der Waals surface area contributed by atoms with Crippen molar-refractivity contribution >= 4 is 34.1 Å². The van der Waals surface area contributed by atoms with Crippen LogP contribution in [-0.2, 0) is 4.79 Å². The summed E-state index contributed by atoms with van der Waals surface area (Å²) in [5, 5.41) is 15.7. The third-order valence-corrected chi connectivity index (χ3v) is 5.94. The number of H-pyrrole nitrogens is 1. The van der Waals surface area contributed by atoms with Gasteiger partial charge in [-0.05, 0) is 59.5 Å².